The van der Waals surface area contributed by atoms with Gasteiger partial charge in [0.25, 0.3) is 0 Å². The minimum atomic E-state index is 0.457. The van der Waals surface area contributed by atoms with Gasteiger partial charge in [-0.25, -0.2) is 0 Å². The maximum absolute atomic E-state index is 4.14. The van der Waals surface area contributed by atoms with Gasteiger partial charge in [0.1, 0.15) is 0 Å². The molecular formula is C14H21N3. The zero-order chi connectivity index (χ0) is 12.5. The molecule has 0 aliphatic rings. The summed E-state index contributed by atoms with van der Waals surface area (Å²) in [5, 5.41) is 6.44. The molecule has 3 nitrogen and oxygen atoms in total. The number of benzene rings is 1. The van der Waals surface area contributed by atoms with Crippen LogP contribution in [0.2, 0.25) is 0 Å². The fraction of sp³-hybridized carbons (Fsp3) is 0.357. The third-order valence-electron chi connectivity index (χ3n) is 2.58. The lowest BCUT2D eigenvalue weighted by Gasteiger charge is -2.15. The zero-order valence-corrected chi connectivity index (χ0v) is 10.6. The first-order valence-electron chi connectivity index (χ1n) is 5.88. The molecule has 0 fully saturated rings. The summed E-state index contributed by atoms with van der Waals surface area (Å²) in [5.74, 6) is 1.27. The highest BCUT2D eigenvalue weighted by Gasteiger charge is 2.05. The van der Waals surface area contributed by atoms with Crippen LogP contribution in [-0.4, -0.2) is 26.1 Å². The number of rotatable bonds is 5. The van der Waals surface area contributed by atoms with Crippen LogP contribution in [0.3, 0.4) is 0 Å². The lowest BCUT2D eigenvalue weighted by atomic mass is 10.0. The van der Waals surface area contributed by atoms with Gasteiger partial charge in [0.2, 0.25) is 0 Å². The normalized spacial score (nSPS) is 12.9. The van der Waals surface area contributed by atoms with Crippen LogP contribution in [0.5, 0.6) is 0 Å². The SMILES string of the molecule is C=CCNC(=NC)NCC(C)c1ccccc1. The minimum absolute atomic E-state index is 0.457. The van der Waals surface area contributed by atoms with Gasteiger partial charge >= 0.3 is 0 Å². The van der Waals surface area contributed by atoms with Gasteiger partial charge in [-0.1, -0.05) is 43.3 Å². The van der Waals surface area contributed by atoms with Crippen LogP contribution in [0.4, 0.5) is 0 Å². The molecule has 3 heteroatoms. The van der Waals surface area contributed by atoms with Crippen molar-refractivity contribution in [3.63, 3.8) is 0 Å². The second kappa shape index (κ2) is 7.49. The Morgan fingerprint density at radius 2 is 2.06 bits per heavy atom. The number of guanidine groups is 1. The topological polar surface area (TPSA) is 36.4 Å². The van der Waals surface area contributed by atoms with Gasteiger partial charge in [-0.2, -0.15) is 0 Å². The number of hydrogen-bond donors (Lipinski definition) is 2. The molecule has 0 aliphatic heterocycles. The van der Waals surface area contributed by atoms with E-state index in [1.807, 2.05) is 12.1 Å². The van der Waals surface area contributed by atoms with Crippen molar-refractivity contribution >= 4 is 5.96 Å². The van der Waals surface area contributed by atoms with Crippen molar-refractivity contribution in [2.24, 2.45) is 4.99 Å². The predicted molar refractivity (Wildman–Crippen MR) is 74.4 cm³/mol. The van der Waals surface area contributed by atoms with Crippen LogP contribution in [0, 0.1) is 0 Å². The van der Waals surface area contributed by atoms with E-state index in [9.17, 15) is 0 Å². The standard InChI is InChI=1S/C14H21N3/c1-4-10-16-14(15-3)17-11-12(2)13-8-6-5-7-9-13/h4-9,12H,1,10-11H2,2-3H3,(H2,15,16,17). The molecule has 1 aromatic rings. The molecule has 2 N–H and O–H groups in total. The van der Waals surface area contributed by atoms with Gasteiger partial charge in [-0.05, 0) is 11.5 Å². The van der Waals surface area contributed by atoms with Crippen LogP contribution in [-0.2, 0) is 0 Å². The monoisotopic (exact) mass is 231 g/mol. The van der Waals surface area contributed by atoms with Crippen molar-refractivity contribution in [3.8, 4) is 0 Å². The molecule has 0 bridgehead atoms. The second-order valence-corrected chi connectivity index (χ2v) is 3.93. The summed E-state index contributed by atoms with van der Waals surface area (Å²) in [4.78, 5) is 4.14. The number of aliphatic imine (C=N–C) groups is 1. The summed E-state index contributed by atoms with van der Waals surface area (Å²) < 4.78 is 0. The zero-order valence-electron chi connectivity index (χ0n) is 10.6. The van der Waals surface area contributed by atoms with Gasteiger partial charge in [-0.3, -0.25) is 4.99 Å². The van der Waals surface area contributed by atoms with E-state index in [1.54, 1.807) is 7.05 Å². The molecule has 0 aromatic heterocycles. The Bertz CT molecular complexity index is 357. The molecule has 0 saturated heterocycles. The third-order valence-corrected chi connectivity index (χ3v) is 2.58. The number of hydrogen-bond acceptors (Lipinski definition) is 1. The van der Waals surface area contributed by atoms with Crippen LogP contribution in [0.1, 0.15) is 18.4 Å². The van der Waals surface area contributed by atoms with Gasteiger partial charge in [0, 0.05) is 20.1 Å². The summed E-state index contributed by atoms with van der Waals surface area (Å²) in [5.41, 5.74) is 1.33. The van der Waals surface area contributed by atoms with Gasteiger partial charge < -0.3 is 10.6 Å². The highest BCUT2D eigenvalue weighted by atomic mass is 15.2. The molecule has 0 saturated carbocycles. The first-order chi connectivity index (χ1) is 8.27. The number of nitrogens with one attached hydrogen (secondary N) is 2. The summed E-state index contributed by atoms with van der Waals surface area (Å²) in [6, 6.07) is 10.5. The summed E-state index contributed by atoms with van der Waals surface area (Å²) in [6.07, 6.45) is 1.81. The molecule has 0 heterocycles. The van der Waals surface area contributed by atoms with E-state index in [0.29, 0.717) is 5.92 Å². The third kappa shape index (κ3) is 4.72. The Hall–Kier alpha value is -1.77. The average molecular weight is 231 g/mol. The Morgan fingerprint density at radius 1 is 1.35 bits per heavy atom. The summed E-state index contributed by atoms with van der Waals surface area (Å²) in [6.45, 7) is 7.45. The molecule has 1 aromatic carbocycles. The van der Waals surface area contributed by atoms with Crippen LogP contribution >= 0.6 is 0 Å². The van der Waals surface area contributed by atoms with Crippen molar-refractivity contribution in [3.05, 3.63) is 48.6 Å². The number of nitrogens with zero attached hydrogens (tertiary/aromatic N) is 1. The van der Waals surface area contributed by atoms with Crippen molar-refractivity contribution in [1.29, 1.82) is 0 Å². The van der Waals surface area contributed by atoms with Crippen molar-refractivity contribution in [2.45, 2.75) is 12.8 Å². The van der Waals surface area contributed by atoms with Crippen molar-refractivity contribution in [1.82, 2.24) is 10.6 Å². The van der Waals surface area contributed by atoms with Gasteiger partial charge in [0.15, 0.2) is 5.96 Å². The van der Waals surface area contributed by atoms with Gasteiger partial charge in [-0.15, -0.1) is 6.58 Å². The maximum Gasteiger partial charge on any atom is 0.191 e. The summed E-state index contributed by atoms with van der Waals surface area (Å²) >= 11 is 0. The average Bonchev–Trinajstić information content (AvgIpc) is 2.39. The lowest BCUT2D eigenvalue weighted by molar-refractivity contribution is 0.705. The van der Waals surface area contributed by atoms with Crippen LogP contribution in [0.15, 0.2) is 48.0 Å². The maximum atomic E-state index is 4.14. The first kappa shape index (κ1) is 13.3. The van der Waals surface area contributed by atoms with E-state index in [1.165, 1.54) is 5.56 Å². The Kier molecular flexibility index (Phi) is 5.86. The second-order valence-electron chi connectivity index (χ2n) is 3.93. The quantitative estimate of drug-likeness (QED) is 0.463. The smallest absolute Gasteiger partial charge is 0.191 e. The molecule has 1 unspecified atom stereocenters. The predicted octanol–water partition coefficient (Wildman–Crippen LogP) is 2.14. The molecule has 0 radical (unpaired) electrons. The summed E-state index contributed by atoms with van der Waals surface area (Å²) in [7, 11) is 1.77. The van der Waals surface area contributed by atoms with Crippen molar-refractivity contribution in [2.75, 3.05) is 20.1 Å². The van der Waals surface area contributed by atoms with E-state index in [2.05, 4.69) is 53.4 Å². The largest absolute Gasteiger partial charge is 0.356 e. The van der Waals surface area contributed by atoms with E-state index in [4.69, 9.17) is 0 Å². The fourth-order valence-corrected chi connectivity index (χ4v) is 1.54. The van der Waals surface area contributed by atoms with E-state index in [-0.39, 0.29) is 0 Å². The molecule has 17 heavy (non-hydrogen) atoms. The fourth-order valence-electron chi connectivity index (χ4n) is 1.54. The van der Waals surface area contributed by atoms with E-state index >= 15 is 0 Å². The Labute approximate surface area is 104 Å². The highest BCUT2D eigenvalue weighted by Crippen LogP contribution is 2.12. The molecule has 0 aliphatic carbocycles. The van der Waals surface area contributed by atoms with E-state index in [0.717, 1.165) is 19.0 Å². The molecular weight excluding hydrogens is 210 g/mol. The van der Waals surface area contributed by atoms with Crippen molar-refractivity contribution < 1.29 is 0 Å². The molecule has 92 valence electrons. The van der Waals surface area contributed by atoms with E-state index < -0.39 is 0 Å². The van der Waals surface area contributed by atoms with Crippen LogP contribution < -0.4 is 10.6 Å². The highest BCUT2D eigenvalue weighted by molar-refractivity contribution is 5.79. The Balaban J connectivity index is 2.42. The molecule has 0 spiro atoms. The Morgan fingerprint density at radius 3 is 2.65 bits per heavy atom. The van der Waals surface area contributed by atoms with Gasteiger partial charge in [0.05, 0.1) is 0 Å². The molecule has 0 amide bonds. The lowest BCUT2D eigenvalue weighted by Crippen LogP contribution is -2.39. The first-order valence-corrected chi connectivity index (χ1v) is 5.88. The molecule has 1 rings (SSSR count). The van der Waals surface area contributed by atoms with Crippen LogP contribution in [0.25, 0.3) is 0 Å². The molecule has 1 atom stereocenters. The minimum Gasteiger partial charge on any atom is -0.356 e.